The Hall–Kier alpha value is -0.520. The van der Waals surface area contributed by atoms with E-state index in [1.807, 2.05) is 6.08 Å². The van der Waals surface area contributed by atoms with Crippen molar-refractivity contribution in [3.05, 3.63) is 24.3 Å². The fourth-order valence-corrected chi connectivity index (χ4v) is 1.29. The van der Waals surface area contributed by atoms with E-state index < -0.39 is 0 Å². The first-order chi connectivity index (χ1) is 5.85. The molecule has 0 saturated heterocycles. The molecule has 0 aliphatic carbocycles. The molecule has 0 aromatic heterocycles. The quantitative estimate of drug-likeness (QED) is 0.386. The Morgan fingerprint density at radius 1 is 1.25 bits per heavy atom. The summed E-state index contributed by atoms with van der Waals surface area (Å²) in [5.74, 6) is 0. The summed E-state index contributed by atoms with van der Waals surface area (Å²) in [6.45, 7) is 8.12. The Morgan fingerprint density at radius 2 is 1.92 bits per heavy atom. The Morgan fingerprint density at radius 3 is 2.42 bits per heavy atom. The van der Waals surface area contributed by atoms with Crippen molar-refractivity contribution in [2.45, 2.75) is 52.4 Å². The monoisotopic (exact) mass is 166 g/mol. The molecular weight excluding hydrogens is 144 g/mol. The van der Waals surface area contributed by atoms with Crippen LogP contribution in [0.1, 0.15) is 52.4 Å². The molecule has 0 aromatic carbocycles. The van der Waals surface area contributed by atoms with Gasteiger partial charge in [-0.05, 0) is 39.0 Å². The minimum atomic E-state index is 1.16. The topological polar surface area (TPSA) is 0 Å². The molecule has 0 amide bonds. The highest BCUT2D eigenvalue weighted by Gasteiger charge is 1.94. The normalized spacial score (nSPS) is 11.7. The van der Waals surface area contributed by atoms with Crippen LogP contribution in [0.3, 0.4) is 0 Å². The van der Waals surface area contributed by atoms with Crippen LogP contribution in [0.5, 0.6) is 0 Å². The van der Waals surface area contributed by atoms with Crippen molar-refractivity contribution < 1.29 is 0 Å². The summed E-state index contributed by atoms with van der Waals surface area (Å²) in [7, 11) is 0. The number of allylic oxidation sites excluding steroid dienone is 3. The third-order valence-corrected chi connectivity index (χ3v) is 2.17. The molecule has 0 N–H and O–H groups in total. The van der Waals surface area contributed by atoms with Gasteiger partial charge in [0, 0.05) is 0 Å². The van der Waals surface area contributed by atoms with Crippen LogP contribution < -0.4 is 0 Å². The SMILES string of the molecule is C=CCCCC(=CC)CCCC. The van der Waals surface area contributed by atoms with E-state index in [1.165, 1.54) is 32.1 Å². The minimum Gasteiger partial charge on any atom is -0.103 e. The second kappa shape index (κ2) is 8.58. The highest BCUT2D eigenvalue weighted by atomic mass is 14.0. The van der Waals surface area contributed by atoms with Crippen molar-refractivity contribution in [3.8, 4) is 0 Å². The van der Waals surface area contributed by atoms with Gasteiger partial charge < -0.3 is 0 Å². The molecule has 0 nitrogen and oxygen atoms in total. The molecule has 0 fully saturated rings. The zero-order valence-electron chi connectivity index (χ0n) is 8.60. The predicted octanol–water partition coefficient (Wildman–Crippen LogP) is 4.48. The molecule has 0 unspecified atom stereocenters. The lowest BCUT2D eigenvalue weighted by molar-refractivity contribution is 0.726. The molecule has 0 aliphatic rings. The molecule has 0 saturated carbocycles. The van der Waals surface area contributed by atoms with Crippen molar-refractivity contribution in [1.82, 2.24) is 0 Å². The first-order valence-electron chi connectivity index (χ1n) is 5.10. The van der Waals surface area contributed by atoms with Gasteiger partial charge >= 0.3 is 0 Å². The van der Waals surface area contributed by atoms with E-state index in [0.29, 0.717) is 0 Å². The van der Waals surface area contributed by atoms with E-state index in [1.54, 1.807) is 5.57 Å². The van der Waals surface area contributed by atoms with Gasteiger partial charge in [0.1, 0.15) is 0 Å². The molecular formula is C12H22. The van der Waals surface area contributed by atoms with Gasteiger partial charge in [-0.2, -0.15) is 0 Å². The molecule has 0 spiro atoms. The van der Waals surface area contributed by atoms with Crippen molar-refractivity contribution in [2.75, 3.05) is 0 Å². The van der Waals surface area contributed by atoms with Crippen LogP contribution in [-0.2, 0) is 0 Å². The summed E-state index contributed by atoms with van der Waals surface area (Å²) in [5, 5.41) is 0. The molecule has 0 heterocycles. The maximum absolute atomic E-state index is 3.73. The number of hydrogen-bond donors (Lipinski definition) is 0. The van der Waals surface area contributed by atoms with E-state index in [4.69, 9.17) is 0 Å². The number of rotatable bonds is 7. The van der Waals surface area contributed by atoms with Crippen molar-refractivity contribution in [1.29, 1.82) is 0 Å². The van der Waals surface area contributed by atoms with E-state index in [0.717, 1.165) is 6.42 Å². The minimum absolute atomic E-state index is 1.16. The van der Waals surface area contributed by atoms with Gasteiger partial charge in [0.2, 0.25) is 0 Å². The molecule has 0 rings (SSSR count). The second-order valence-corrected chi connectivity index (χ2v) is 3.23. The van der Waals surface area contributed by atoms with Crippen LogP contribution in [-0.4, -0.2) is 0 Å². The summed E-state index contributed by atoms with van der Waals surface area (Å²) >= 11 is 0. The molecule has 12 heavy (non-hydrogen) atoms. The molecule has 0 aromatic rings. The predicted molar refractivity (Wildman–Crippen MR) is 57.3 cm³/mol. The zero-order valence-corrected chi connectivity index (χ0v) is 8.60. The highest BCUT2D eigenvalue weighted by molar-refractivity contribution is 5.00. The lowest BCUT2D eigenvalue weighted by Gasteiger charge is -2.04. The first kappa shape index (κ1) is 11.5. The van der Waals surface area contributed by atoms with Gasteiger partial charge in [0.05, 0.1) is 0 Å². The Kier molecular flexibility index (Phi) is 8.20. The average Bonchev–Trinajstić information content (AvgIpc) is 2.11. The lowest BCUT2D eigenvalue weighted by atomic mass is 10.0. The molecule has 0 aliphatic heterocycles. The van der Waals surface area contributed by atoms with Crippen LogP contribution >= 0.6 is 0 Å². The van der Waals surface area contributed by atoms with Crippen LogP contribution in [0.2, 0.25) is 0 Å². The fraction of sp³-hybridized carbons (Fsp3) is 0.667. The van der Waals surface area contributed by atoms with Crippen LogP contribution in [0, 0.1) is 0 Å². The van der Waals surface area contributed by atoms with Crippen molar-refractivity contribution >= 4 is 0 Å². The summed E-state index contributed by atoms with van der Waals surface area (Å²) in [6, 6.07) is 0. The average molecular weight is 166 g/mol. The van der Waals surface area contributed by atoms with Crippen LogP contribution in [0.4, 0.5) is 0 Å². The molecule has 0 atom stereocenters. The van der Waals surface area contributed by atoms with E-state index >= 15 is 0 Å². The van der Waals surface area contributed by atoms with Crippen molar-refractivity contribution in [3.63, 3.8) is 0 Å². The number of hydrogen-bond acceptors (Lipinski definition) is 0. The van der Waals surface area contributed by atoms with E-state index in [9.17, 15) is 0 Å². The first-order valence-corrected chi connectivity index (χ1v) is 5.10. The number of unbranched alkanes of at least 4 members (excludes halogenated alkanes) is 2. The molecule has 0 radical (unpaired) electrons. The Labute approximate surface area is 77.4 Å². The third kappa shape index (κ3) is 6.21. The molecule has 0 bridgehead atoms. The van der Waals surface area contributed by atoms with Gasteiger partial charge in [-0.15, -0.1) is 6.58 Å². The standard InChI is InChI=1S/C12H22/c1-4-7-9-11-12(6-3)10-8-5-2/h4,6H,1,5,7-11H2,2-3H3. The van der Waals surface area contributed by atoms with Gasteiger partial charge in [-0.25, -0.2) is 0 Å². The summed E-state index contributed by atoms with van der Waals surface area (Å²) in [4.78, 5) is 0. The van der Waals surface area contributed by atoms with Crippen molar-refractivity contribution in [2.24, 2.45) is 0 Å². The smallest absolute Gasteiger partial charge is 0.0317 e. The fourth-order valence-electron chi connectivity index (χ4n) is 1.29. The lowest BCUT2D eigenvalue weighted by Crippen LogP contribution is -1.84. The summed E-state index contributed by atoms with van der Waals surface area (Å²) in [6.07, 6.45) is 11.9. The maximum Gasteiger partial charge on any atom is -0.0317 e. The maximum atomic E-state index is 3.73. The third-order valence-electron chi connectivity index (χ3n) is 2.17. The Bertz CT molecular complexity index is 131. The van der Waals surface area contributed by atoms with Gasteiger partial charge in [0.25, 0.3) is 0 Å². The van der Waals surface area contributed by atoms with Gasteiger partial charge in [-0.3, -0.25) is 0 Å². The second-order valence-electron chi connectivity index (χ2n) is 3.23. The van der Waals surface area contributed by atoms with Gasteiger partial charge in [-0.1, -0.05) is 31.1 Å². The Balaban J connectivity index is 3.47. The summed E-state index contributed by atoms with van der Waals surface area (Å²) < 4.78 is 0. The summed E-state index contributed by atoms with van der Waals surface area (Å²) in [5.41, 5.74) is 1.62. The zero-order chi connectivity index (χ0) is 9.23. The molecule has 0 heteroatoms. The highest BCUT2D eigenvalue weighted by Crippen LogP contribution is 2.14. The largest absolute Gasteiger partial charge is 0.103 e. The van der Waals surface area contributed by atoms with Gasteiger partial charge in [0.15, 0.2) is 0 Å². The van der Waals surface area contributed by atoms with E-state index in [-0.39, 0.29) is 0 Å². The molecule has 70 valence electrons. The van der Waals surface area contributed by atoms with Crippen LogP contribution in [0.15, 0.2) is 24.3 Å². The van der Waals surface area contributed by atoms with Crippen LogP contribution in [0.25, 0.3) is 0 Å². The van der Waals surface area contributed by atoms with E-state index in [2.05, 4.69) is 26.5 Å².